The Morgan fingerprint density at radius 2 is 2.32 bits per heavy atom. The molecule has 0 unspecified atom stereocenters. The van der Waals surface area contributed by atoms with Gasteiger partial charge in [-0.15, -0.1) is 10.2 Å². The van der Waals surface area contributed by atoms with Crippen LogP contribution in [0.25, 0.3) is 16.8 Å². The third kappa shape index (κ3) is 2.13. The van der Waals surface area contributed by atoms with E-state index in [4.69, 9.17) is 0 Å². The van der Waals surface area contributed by atoms with Gasteiger partial charge in [-0.1, -0.05) is 6.42 Å². The lowest BCUT2D eigenvalue weighted by Crippen LogP contribution is -2.36. The van der Waals surface area contributed by atoms with E-state index in [-0.39, 0.29) is 11.9 Å². The second kappa shape index (κ2) is 5.08. The van der Waals surface area contributed by atoms with E-state index in [1.54, 1.807) is 13.1 Å². The zero-order valence-corrected chi connectivity index (χ0v) is 12.4. The Labute approximate surface area is 127 Å². The number of carbonyl (C=O) groups is 1. The average Bonchev–Trinajstić information content (AvgIpc) is 3.12. The lowest BCUT2D eigenvalue weighted by Gasteiger charge is -2.28. The van der Waals surface area contributed by atoms with Crippen LogP contribution in [0.2, 0.25) is 0 Å². The average molecular weight is 298 g/mol. The van der Waals surface area contributed by atoms with Crippen molar-refractivity contribution in [2.24, 2.45) is 0 Å². The van der Waals surface area contributed by atoms with Gasteiger partial charge >= 0.3 is 0 Å². The van der Waals surface area contributed by atoms with Gasteiger partial charge in [0.2, 0.25) is 5.91 Å². The standard InChI is InChI=1S/C15H18N6O/c1-9(22)18-11-4-2-3-10(7-11)15-20-19-13-8-17-14-12(21(13)15)5-6-16-14/h5-6,8,10-11,16H,2-4,7H2,1H3,(H,18,22)/t10-,11+/m1/s1. The summed E-state index contributed by atoms with van der Waals surface area (Å²) in [4.78, 5) is 18.8. The largest absolute Gasteiger partial charge is 0.354 e. The van der Waals surface area contributed by atoms with Crippen LogP contribution in [0.3, 0.4) is 0 Å². The molecule has 3 heterocycles. The molecule has 1 amide bonds. The molecule has 0 bridgehead atoms. The normalized spacial score (nSPS) is 22.2. The topological polar surface area (TPSA) is 88.0 Å². The second-order valence-electron chi connectivity index (χ2n) is 5.98. The minimum Gasteiger partial charge on any atom is -0.354 e. The van der Waals surface area contributed by atoms with Crippen LogP contribution in [0, 0.1) is 0 Å². The van der Waals surface area contributed by atoms with Crippen LogP contribution in [-0.2, 0) is 4.79 Å². The van der Waals surface area contributed by atoms with Gasteiger partial charge in [0.05, 0.1) is 11.7 Å². The highest BCUT2D eigenvalue weighted by Crippen LogP contribution is 2.33. The van der Waals surface area contributed by atoms with Crippen LogP contribution in [0.4, 0.5) is 0 Å². The minimum absolute atomic E-state index is 0.0361. The van der Waals surface area contributed by atoms with Gasteiger partial charge < -0.3 is 10.3 Å². The summed E-state index contributed by atoms with van der Waals surface area (Å²) in [6.45, 7) is 1.57. The molecule has 114 valence electrons. The summed E-state index contributed by atoms with van der Waals surface area (Å²) in [6, 6.07) is 2.23. The Kier molecular flexibility index (Phi) is 3.06. The van der Waals surface area contributed by atoms with Crippen molar-refractivity contribution in [3.8, 4) is 0 Å². The van der Waals surface area contributed by atoms with Crippen molar-refractivity contribution in [2.45, 2.75) is 44.6 Å². The van der Waals surface area contributed by atoms with Crippen molar-refractivity contribution in [3.63, 3.8) is 0 Å². The number of aromatic amines is 1. The van der Waals surface area contributed by atoms with Gasteiger partial charge in [-0.2, -0.15) is 0 Å². The third-order valence-electron chi connectivity index (χ3n) is 4.41. The first-order valence-corrected chi connectivity index (χ1v) is 7.66. The van der Waals surface area contributed by atoms with E-state index in [2.05, 4.69) is 29.9 Å². The van der Waals surface area contributed by atoms with E-state index < -0.39 is 0 Å². The van der Waals surface area contributed by atoms with E-state index in [1.165, 1.54) is 0 Å². The molecule has 1 aliphatic rings. The van der Waals surface area contributed by atoms with E-state index >= 15 is 0 Å². The molecular formula is C15H18N6O. The molecule has 0 radical (unpaired) electrons. The first-order chi connectivity index (χ1) is 10.7. The van der Waals surface area contributed by atoms with Crippen molar-refractivity contribution >= 4 is 22.7 Å². The monoisotopic (exact) mass is 298 g/mol. The molecule has 4 rings (SSSR count). The predicted molar refractivity (Wildman–Crippen MR) is 81.5 cm³/mol. The van der Waals surface area contributed by atoms with Crippen molar-refractivity contribution in [2.75, 3.05) is 0 Å². The fourth-order valence-electron chi connectivity index (χ4n) is 3.51. The summed E-state index contributed by atoms with van der Waals surface area (Å²) in [5, 5.41) is 11.7. The number of nitrogens with one attached hydrogen (secondary N) is 2. The SMILES string of the molecule is CC(=O)N[C@H]1CCC[C@@H](c2nnc3cnc4[nH]ccc4n23)C1. The van der Waals surface area contributed by atoms with Crippen molar-refractivity contribution in [3.05, 3.63) is 24.3 Å². The Morgan fingerprint density at radius 1 is 1.41 bits per heavy atom. The number of hydrogen-bond acceptors (Lipinski definition) is 4. The molecule has 1 aliphatic carbocycles. The second-order valence-corrected chi connectivity index (χ2v) is 5.98. The molecule has 7 nitrogen and oxygen atoms in total. The molecule has 1 fully saturated rings. The fourth-order valence-corrected chi connectivity index (χ4v) is 3.51. The number of rotatable bonds is 2. The lowest BCUT2D eigenvalue weighted by atomic mass is 9.85. The Morgan fingerprint density at radius 3 is 3.18 bits per heavy atom. The highest BCUT2D eigenvalue weighted by Gasteiger charge is 2.27. The number of carbonyl (C=O) groups excluding carboxylic acids is 1. The molecule has 0 aliphatic heterocycles. The summed E-state index contributed by atoms with van der Waals surface area (Å²) in [6.07, 6.45) is 7.73. The summed E-state index contributed by atoms with van der Waals surface area (Å²) in [5.41, 5.74) is 2.60. The van der Waals surface area contributed by atoms with Crippen molar-refractivity contribution in [1.82, 2.24) is 29.9 Å². The molecule has 3 aromatic rings. The first kappa shape index (κ1) is 13.2. The number of nitrogens with zero attached hydrogens (tertiary/aromatic N) is 4. The molecule has 0 saturated heterocycles. The first-order valence-electron chi connectivity index (χ1n) is 7.66. The summed E-state index contributed by atoms with van der Waals surface area (Å²) >= 11 is 0. The van der Waals surface area contributed by atoms with E-state index in [0.717, 1.165) is 48.3 Å². The maximum Gasteiger partial charge on any atom is 0.217 e. The van der Waals surface area contributed by atoms with Gasteiger partial charge in [-0.3, -0.25) is 9.20 Å². The number of hydrogen-bond donors (Lipinski definition) is 2. The lowest BCUT2D eigenvalue weighted by molar-refractivity contribution is -0.119. The predicted octanol–water partition coefficient (Wildman–Crippen LogP) is 1.77. The Bertz CT molecular complexity index is 835. The highest BCUT2D eigenvalue weighted by molar-refractivity contribution is 5.74. The molecule has 3 aromatic heterocycles. The molecule has 0 spiro atoms. The number of fused-ring (bicyclic) bond motifs is 3. The van der Waals surface area contributed by atoms with Crippen LogP contribution >= 0.6 is 0 Å². The smallest absolute Gasteiger partial charge is 0.217 e. The molecule has 2 atom stereocenters. The van der Waals surface area contributed by atoms with E-state index in [0.29, 0.717) is 5.92 Å². The Balaban J connectivity index is 1.74. The zero-order chi connectivity index (χ0) is 15.1. The van der Waals surface area contributed by atoms with Crippen LogP contribution in [-0.4, -0.2) is 36.5 Å². The summed E-state index contributed by atoms with van der Waals surface area (Å²) < 4.78 is 2.08. The summed E-state index contributed by atoms with van der Waals surface area (Å²) in [7, 11) is 0. The highest BCUT2D eigenvalue weighted by atomic mass is 16.1. The van der Waals surface area contributed by atoms with Crippen LogP contribution in [0.15, 0.2) is 18.5 Å². The van der Waals surface area contributed by atoms with Crippen molar-refractivity contribution < 1.29 is 4.79 Å². The van der Waals surface area contributed by atoms with Gasteiger partial charge in [0.1, 0.15) is 5.82 Å². The summed E-state index contributed by atoms with van der Waals surface area (Å²) in [5.74, 6) is 1.31. The maximum atomic E-state index is 11.3. The molecule has 22 heavy (non-hydrogen) atoms. The number of amides is 1. The van der Waals surface area contributed by atoms with Gasteiger partial charge in [0, 0.05) is 25.1 Å². The van der Waals surface area contributed by atoms with Crippen molar-refractivity contribution in [1.29, 1.82) is 0 Å². The van der Waals surface area contributed by atoms with Gasteiger partial charge in [0.15, 0.2) is 11.3 Å². The number of aromatic nitrogens is 5. The quantitative estimate of drug-likeness (QED) is 0.754. The van der Waals surface area contributed by atoms with Gasteiger partial charge in [0.25, 0.3) is 0 Å². The fraction of sp³-hybridized carbons (Fsp3) is 0.467. The van der Waals surface area contributed by atoms with Gasteiger partial charge in [-0.25, -0.2) is 4.98 Å². The minimum atomic E-state index is 0.0361. The third-order valence-corrected chi connectivity index (χ3v) is 4.41. The molecule has 0 aromatic carbocycles. The van der Waals surface area contributed by atoms with E-state index in [9.17, 15) is 4.79 Å². The van der Waals surface area contributed by atoms with Crippen LogP contribution in [0.5, 0.6) is 0 Å². The molecular weight excluding hydrogens is 280 g/mol. The van der Waals surface area contributed by atoms with E-state index in [1.807, 2.05) is 12.3 Å². The van der Waals surface area contributed by atoms with Gasteiger partial charge in [-0.05, 0) is 25.3 Å². The maximum absolute atomic E-state index is 11.3. The molecule has 2 N–H and O–H groups in total. The van der Waals surface area contributed by atoms with Crippen LogP contribution < -0.4 is 5.32 Å². The number of H-pyrrole nitrogens is 1. The van der Waals surface area contributed by atoms with Crippen LogP contribution in [0.1, 0.15) is 44.3 Å². The molecule has 1 saturated carbocycles. The Hall–Kier alpha value is -2.44. The molecule has 7 heteroatoms. The zero-order valence-electron chi connectivity index (χ0n) is 12.4.